The molecule has 8 nitrogen and oxygen atoms in total. The zero-order valence-electron chi connectivity index (χ0n) is 17.8. The van der Waals surface area contributed by atoms with Crippen molar-refractivity contribution < 1.29 is 22.4 Å². The van der Waals surface area contributed by atoms with E-state index in [1.807, 2.05) is 0 Å². The Balaban J connectivity index is 1.74. The number of benzene rings is 1. The minimum Gasteiger partial charge on any atom is -0.456 e. The molecule has 1 aromatic carbocycles. The third-order valence-corrected chi connectivity index (χ3v) is 7.30. The highest BCUT2D eigenvalue weighted by Gasteiger charge is 2.26. The van der Waals surface area contributed by atoms with Gasteiger partial charge in [-0.25, -0.2) is 13.1 Å². The molecular formula is C22H21N3O5S2. The summed E-state index contributed by atoms with van der Waals surface area (Å²) >= 11 is 0.812. The van der Waals surface area contributed by atoms with Crippen LogP contribution >= 0.6 is 11.8 Å². The quantitative estimate of drug-likeness (QED) is 0.547. The van der Waals surface area contributed by atoms with Crippen molar-refractivity contribution in [1.29, 1.82) is 0 Å². The van der Waals surface area contributed by atoms with Crippen LogP contribution in [0, 0.1) is 6.92 Å². The molecule has 0 bridgehead atoms. The summed E-state index contributed by atoms with van der Waals surface area (Å²) in [7, 11) is -3.67. The molecule has 3 aromatic rings. The number of imide groups is 1. The Morgan fingerprint density at radius 3 is 2.53 bits per heavy atom. The van der Waals surface area contributed by atoms with Gasteiger partial charge in [-0.15, -0.1) is 0 Å². The van der Waals surface area contributed by atoms with E-state index in [-0.39, 0.29) is 9.80 Å². The van der Waals surface area contributed by atoms with Crippen molar-refractivity contribution in [3.05, 3.63) is 52.9 Å². The van der Waals surface area contributed by atoms with E-state index in [9.17, 15) is 18.0 Å². The lowest BCUT2D eigenvalue weighted by Gasteiger charge is -2.21. The van der Waals surface area contributed by atoms with E-state index in [0.29, 0.717) is 27.9 Å². The first-order valence-corrected chi connectivity index (χ1v) is 12.0. The van der Waals surface area contributed by atoms with Gasteiger partial charge in [0.1, 0.15) is 11.3 Å². The van der Waals surface area contributed by atoms with Crippen LogP contribution in [0.25, 0.3) is 28.2 Å². The van der Waals surface area contributed by atoms with Gasteiger partial charge in [0.05, 0.1) is 9.80 Å². The molecule has 2 aromatic heterocycles. The van der Waals surface area contributed by atoms with E-state index < -0.39 is 26.7 Å². The smallest absolute Gasteiger partial charge is 0.290 e. The van der Waals surface area contributed by atoms with Gasteiger partial charge in [0, 0.05) is 35.0 Å². The summed E-state index contributed by atoms with van der Waals surface area (Å²) in [5.41, 5.74) is 1.96. The minimum atomic E-state index is -3.67. The lowest BCUT2D eigenvalue weighted by molar-refractivity contribution is -0.115. The molecule has 0 atom stereocenters. The Labute approximate surface area is 189 Å². The largest absolute Gasteiger partial charge is 0.456 e. The van der Waals surface area contributed by atoms with Crippen LogP contribution in [0.15, 0.2) is 50.9 Å². The predicted octanol–water partition coefficient (Wildman–Crippen LogP) is 4.20. The van der Waals surface area contributed by atoms with E-state index in [4.69, 9.17) is 4.42 Å². The number of fused-ring (bicyclic) bond motifs is 1. The van der Waals surface area contributed by atoms with Crippen molar-refractivity contribution in [2.24, 2.45) is 0 Å². The number of pyridine rings is 1. The van der Waals surface area contributed by atoms with Crippen LogP contribution in [0.5, 0.6) is 0 Å². The Bertz CT molecular complexity index is 1400. The molecule has 2 amide bonds. The molecule has 0 unspecified atom stereocenters. The van der Waals surface area contributed by atoms with Gasteiger partial charge in [-0.1, -0.05) is 6.07 Å². The van der Waals surface area contributed by atoms with E-state index >= 15 is 0 Å². The number of amides is 2. The van der Waals surface area contributed by atoms with Gasteiger partial charge in [-0.05, 0) is 68.8 Å². The summed E-state index contributed by atoms with van der Waals surface area (Å²) in [5.74, 6) is -0.0537. The molecule has 0 aliphatic carbocycles. The molecule has 1 fully saturated rings. The van der Waals surface area contributed by atoms with Crippen molar-refractivity contribution in [2.75, 3.05) is 0 Å². The van der Waals surface area contributed by atoms with Gasteiger partial charge in [0.25, 0.3) is 11.1 Å². The maximum atomic E-state index is 12.7. The molecule has 1 saturated heterocycles. The van der Waals surface area contributed by atoms with Gasteiger partial charge >= 0.3 is 0 Å². The molecule has 10 heteroatoms. The second-order valence-corrected chi connectivity index (χ2v) is 11.1. The third kappa shape index (κ3) is 4.47. The first-order chi connectivity index (χ1) is 14.9. The van der Waals surface area contributed by atoms with Crippen molar-refractivity contribution in [2.45, 2.75) is 38.1 Å². The predicted molar refractivity (Wildman–Crippen MR) is 123 cm³/mol. The second-order valence-electron chi connectivity index (χ2n) is 8.44. The Kier molecular flexibility index (Phi) is 5.48. The Hall–Kier alpha value is -2.95. The first-order valence-electron chi connectivity index (χ1n) is 9.70. The van der Waals surface area contributed by atoms with Crippen molar-refractivity contribution >= 4 is 50.0 Å². The van der Waals surface area contributed by atoms with E-state index in [0.717, 1.165) is 17.3 Å². The number of hydrogen-bond acceptors (Lipinski definition) is 7. The molecule has 0 radical (unpaired) electrons. The van der Waals surface area contributed by atoms with Crippen molar-refractivity contribution in [3.63, 3.8) is 0 Å². The molecule has 0 saturated carbocycles. The summed E-state index contributed by atoms with van der Waals surface area (Å²) in [4.78, 5) is 27.9. The molecule has 4 rings (SSSR count). The highest BCUT2D eigenvalue weighted by Crippen LogP contribution is 2.34. The molecule has 166 valence electrons. The molecule has 1 aliphatic rings. The molecular weight excluding hydrogens is 450 g/mol. The van der Waals surface area contributed by atoms with Crippen LogP contribution in [-0.4, -0.2) is 30.1 Å². The number of sulfonamides is 1. The van der Waals surface area contributed by atoms with Gasteiger partial charge in [0.2, 0.25) is 10.0 Å². The zero-order valence-corrected chi connectivity index (χ0v) is 19.5. The number of carbonyl (C=O) groups is 2. The standard InChI is InChI=1S/C22H21N3O5S2/c1-12-7-13(5-6-18(12)32(28,29)25-22(2,3)4)16-11-23-10-14-8-15(30-19(14)16)9-17-20(26)24-21(27)31-17/h5-11,25H,1-4H3,(H,24,26,27)/b17-9-. The average molecular weight is 472 g/mol. The molecule has 32 heavy (non-hydrogen) atoms. The van der Waals surface area contributed by atoms with Crippen LogP contribution in [0.4, 0.5) is 4.79 Å². The summed E-state index contributed by atoms with van der Waals surface area (Å²) in [6.45, 7) is 7.09. The highest BCUT2D eigenvalue weighted by atomic mass is 32.2. The second kappa shape index (κ2) is 7.88. The molecule has 3 heterocycles. The van der Waals surface area contributed by atoms with Gasteiger partial charge < -0.3 is 4.42 Å². The third-order valence-electron chi connectivity index (χ3n) is 4.57. The number of carbonyl (C=O) groups excluding carboxylic acids is 2. The number of aryl methyl sites for hydroxylation is 1. The summed E-state index contributed by atoms with van der Waals surface area (Å²) in [6.07, 6.45) is 4.78. The number of nitrogens with one attached hydrogen (secondary N) is 2. The van der Waals surface area contributed by atoms with E-state index in [1.54, 1.807) is 64.4 Å². The monoisotopic (exact) mass is 471 g/mol. The van der Waals surface area contributed by atoms with E-state index in [1.165, 1.54) is 6.08 Å². The lowest BCUT2D eigenvalue weighted by Crippen LogP contribution is -2.40. The van der Waals surface area contributed by atoms with Gasteiger partial charge in [-0.2, -0.15) is 0 Å². The fourth-order valence-corrected chi connectivity index (χ4v) is 5.69. The Morgan fingerprint density at radius 2 is 1.91 bits per heavy atom. The zero-order chi connectivity index (χ0) is 23.3. The van der Waals surface area contributed by atoms with Crippen LogP contribution < -0.4 is 10.0 Å². The van der Waals surface area contributed by atoms with Gasteiger partial charge in [-0.3, -0.25) is 19.9 Å². The van der Waals surface area contributed by atoms with Crippen LogP contribution in [-0.2, 0) is 14.8 Å². The van der Waals surface area contributed by atoms with Crippen LogP contribution in [0.1, 0.15) is 32.1 Å². The maximum Gasteiger partial charge on any atom is 0.290 e. The van der Waals surface area contributed by atoms with Crippen molar-refractivity contribution in [1.82, 2.24) is 15.0 Å². The number of aromatic nitrogens is 1. The van der Waals surface area contributed by atoms with Crippen LogP contribution in [0.3, 0.4) is 0 Å². The molecule has 0 spiro atoms. The first kappa shape index (κ1) is 22.3. The number of rotatable bonds is 4. The summed E-state index contributed by atoms with van der Waals surface area (Å²) in [6, 6.07) is 6.77. The average Bonchev–Trinajstić information content (AvgIpc) is 3.21. The van der Waals surface area contributed by atoms with Crippen LogP contribution in [0.2, 0.25) is 0 Å². The highest BCUT2D eigenvalue weighted by molar-refractivity contribution is 8.18. The summed E-state index contributed by atoms with van der Waals surface area (Å²) in [5, 5.41) is 2.50. The van der Waals surface area contributed by atoms with E-state index in [2.05, 4.69) is 15.0 Å². The maximum absolute atomic E-state index is 12.7. The molecule has 2 N–H and O–H groups in total. The molecule has 1 aliphatic heterocycles. The fourth-order valence-electron chi connectivity index (χ4n) is 3.39. The lowest BCUT2D eigenvalue weighted by atomic mass is 10.0. The van der Waals surface area contributed by atoms with Crippen molar-refractivity contribution in [3.8, 4) is 11.1 Å². The van der Waals surface area contributed by atoms with Gasteiger partial charge in [0.15, 0.2) is 0 Å². The normalized spacial score (nSPS) is 16.2. The number of thioether (sulfide) groups is 1. The fraction of sp³-hybridized carbons (Fsp3) is 0.227. The Morgan fingerprint density at radius 1 is 1.16 bits per heavy atom. The number of furan rings is 1. The summed E-state index contributed by atoms with van der Waals surface area (Å²) < 4.78 is 34.1. The number of hydrogen-bond donors (Lipinski definition) is 2. The minimum absolute atomic E-state index is 0.204. The topological polar surface area (TPSA) is 118 Å². The SMILES string of the molecule is Cc1cc(-c2cncc3cc(/C=C4\SC(=O)NC4=O)oc23)ccc1S(=O)(=O)NC(C)(C)C. The number of nitrogens with zero attached hydrogens (tertiary/aromatic N) is 1.